The molecule has 0 aliphatic carbocycles. The minimum atomic E-state index is -0.482. The van der Waals surface area contributed by atoms with Gasteiger partial charge in [-0.15, -0.1) is 24.2 Å². The predicted molar refractivity (Wildman–Crippen MR) is 99.6 cm³/mol. The van der Waals surface area contributed by atoms with Crippen molar-refractivity contribution in [1.29, 1.82) is 0 Å². The number of nitrogens with one attached hydrogen (secondary N) is 2. The molecule has 2 aliphatic rings. The third kappa shape index (κ3) is 4.86. The standard InChI is InChI=1S/C17H22FN3O2S.ClH/c1-11-9-21(7-6-19-11)17(23)14-10-24-15(16(22)20-14)8-12-4-2-3-5-13(12)18;/h2-5,11,14-15,19H,6-10H2,1H3,(H,20,22);1H. The summed E-state index contributed by atoms with van der Waals surface area (Å²) >= 11 is 1.43. The van der Waals surface area contributed by atoms with E-state index in [4.69, 9.17) is 0 Å². The summed E-state index contributed by atoms with van der Waals surface area (Å²) in [6.07, 6.45) is 0.342. The van der Waals surface area contributed by atoms with E-state index >= 15 is 0 Å². The summed E-state index contributed by atoms with van der Waals surface area (Å²) in [6.45, 7) is 4.14. The number of nitrogens with zero attached hydrogens (tertiary/aromatic N) is 1. The molecule has 2 aliphatic heterocycles. The van der Waals surface area contributed by atoms with E-state index in [-0.39, 0.29) is 41.3 Å². The molecule has 3 rings (SSSR count). The van der Waals surface area contributed by atoms with Crippen LogP contribution in [0.15, 0.2) is 24.3 Å². The lowest BCUT2D eigenvalue weighted by Gasteiger charge is -2.36. The topological polar surface area (TPSA) is 61.4 Å². The van der Waals surface area contributed by atoms with Crippen LogP contribution in [0, 0.1) is 5.82 Å². The van der Waals surface area contributed by atoms with Crippen LogP contribution in [0.1, 0.15) is 12.5 Å². The first kappa shape index (κ1) is 20.0. The first-order valence-corrected chi connectivity index (χ1v) is 9.27. The van der Waals surface area contributed by atoms with Crippen molar-refractivity contribution in [2.45, 2.75) is 30.7 Å². The van der Waals surface area contributed by atoms with E-state index in [1.165, 1.54) is 17.8 Å². The Morgan fingerprint density at radius 1 is 1.40 bits per heavy atom. The van der Waals surface area contributed by atoms with E-state index < -0.39 is 6.04 Å². The van der Waals surface area contributed by atoms with Crippen LogP contribution in [0.3, 0.4) is 0 Å². The van der Waals surface area contributed by atoms with E-state index in [0.717, 1.165) is 6.54 Å². The molecule has 2 fully saturated rings. The fourth-order valence-corrected chi connectivity index (χ4v) is 4.26. The number of rotatable bonds is 3. The van der Waals surface area contributed by atoms with Gasteiger partial charge < -0.3 is 15.5 Å². The second-order valence-corrected chi connectivity index (χ2v) is 7.55. The lowest BCUT2D eigenvalue weighted by molar-refractivity contribution is -0.136. The van der Waals surface area contributed by atoms with Crippen LogP contribution in [-0.2, 0) is 16.0 Å². The van der Waals surface area contributed by atoms with E-state index in [9.17, 15) is 14.0 Å². The summed E-state index contributed by atoms with van der Waals surface area (Å²) < 4.78 is 13.7. The Balaban J connectivity index is 0.00000225. The monoisotopic (exact) mass is 387 g/mol. The molecule has 1 aromatic carbocycles. The Labute approximate surface area is 157 Å². The molecular weight excluding hydrogens is 365 g/mol. The molecule has 0 bridgehead atoms. The molecule has 25 heavy (non-hydrogen) atoms. The average molecular weight is 388 g/mol. The van der Waals surface area contributed by atoms with Crippen molar-refractivity contribution in [3.63, 3.8) is 0 Å². The second-order valence-electron chi connectivity index (χ2n) is 6.32. The lowest BCUT2D eigenvalue weighted by atomic mass is 10.1. The first-order chi connectivity index (χ1) is 11.5. The normalized spacial score (nSPS) is 26.6. The highest BCUT2D eigenvalue weighted by Crippen LogP contribution is 2.24. The summed E-state index contributed by atoms with van der Waals surface area (Å²) in [5, 5.41) is 5.77. The molecule has 3 atom stereocenters. The second kappa shape index (κ2) is 8.87. The molecule has 0 spiro atoms. The van der Waals surface area contributed by atoms with Gasteiger partial charge in [-0.1, -0.05) is 18.2 Å². The quantitative estimate of drug-likeness (QED) is 0.818. The largest absolute Gasteiger partial charge is 0.343 e. The molecule has 5 nitrogen and oxygen atoms in total. The maximum absolute atomic E-state index is 13.7. The zero-order valence-electron chi connectivity index (χ0n) is 14.0. The molecule has 2 saturated heterocycles. The molecule has 0 radical (unpaired) electrons. The van der Waals surface area contributed by atoms with Gasteiger partial charge in [0.05, 0.1) is 5.25 Å². The number of benzene rings is 1. The maximum atomic E-state index is 13.7. The molecule has 2 N–H and O–H groups in total. The van der Waals surface area contributed by atoms with Crippen LogP contribution in [0.25, 0.3) is 0 Å². The van der Waals surface area contributed by atoms with Crippen molar-refractivity contribution in [2.75, 3.05) is 25.4 Å². The lowest BCUT2D eigenvalue weighted by Crippen LogP contribution is -2.59. The van der Waals surface area contributed by atoms with Gasteiger partial charge in [0.15, 0.2) is 0 Å². The Morgan fingerprint density at radius 2 is 2.16 bits per heavy atom. The van der Waals surface area contributed by atoms with Gasteiger partial charge in [0, 0.05) is 31.4 Å². The fraction of sp³-hybridized carbons (Fsp3) is 0.529. The van der Waals surface area contributed by atoms with Gasteiger partial charge in [-0.2, -0.15) is 0 Å². The highest BCUT2D eigenvalue weighted by Gasteiger charge is 2.35. The Bertz CT molecular complexity index is 634. The molecule has 0 aromatic heterocycles. The molecule has 8 heteroatoms. The van der Waals surface area contributed by atoms with E-state index in [1.54, 1.807) is 18.2 Å². The van der Waals surface area contributed by atoms with Crippen molar-refractivity contribution in [3.8, 4) is 0 Å². The average Bonchev–Trinajstić information content (AvgIpc) is 2.58. The number of halogens is 2. The molecule has 2 amide bonds. The van der Waals surface area contributed by atoms with Crippen molar-refractivity contribution in [2.24, 2.45) is 0 Å². The molecular formula is C17H23ClFN3O2S. The highest BCUT2D eigenvalue weighted by molar-refractivity contribution is 8.00. The molecule has 2 heterocycles. The Morgan fingerprint density at radius 3 is 2.84 bits per heavy atom. The number of piperazine rings is 1. The zero-order chi connectivity index (χ0) is 17.1. The van der Waals surface area contributed by atoms with Crippen LogP contribution in [0.5, 0.6) is 0 Å². The minimum Gasteiger partial charge on any atom is -0.343 e. The summed E-state index contributed by atoms with van der Waals surface area (Å²) in [7, 11) is 0. The number of carbonyl (C=O) groups excluding carboxylic acids is 2. The van der Waals surface area contributed by atoms with Crippen LogP contribution in [-0.4, -0.2) is 59.4 Å². The van der Waals surface area contributed by atoms with Crippen molar-refractivity contribution < 1.29 is 14.0 Å². The van der Waals surface area contributed by atoms with Crippen LogP contribution >= 0.6 is 24.2 Å². The summed E-state index contributed by atoms with van der Waals surface area (Å²) in [5.74, 6) is 0.0330. The van der Waals surface area contributed by atoms with E-state index in [0.29, 0.717) is 30.8 Å². The van der Waals surface area contributed by atoms with Gasteiger partial charge in [0.25, 0.3) is 0 Å². The maximum Gasteiger partial charge on any atom is 0.246 e. The predicted octanol–water partition coefficient (Wildman–Crippen LogP) is 1.21. The summed E-state index contributed by atoms with van der Waals surface area (Å²) in [4.78, 5) is 26.7. The molecule has 1 aromatic rings. The Kier molecular flexibility index (Phi) is 7.10. The first-order valence-electron chi connectivity index (χ1n) is 8.22. The van der Waals surface area contributed by atoms with Crippen LogP contribution in [0.2, 0.25) is 0 Å². The number of carbonyl (C=O) groups is 2. The highest BCUT2D eigenvalue weighted by atomic mass is 35.5. The van der Waals surface area contributed by atoms with E-state index in [1.807, 2.05) is 11.8 Å². The smallest absolute Gasteiger partial charge is 0.246 e. The van der Waals surface area contributed by atoms with Gasteiger partial charge in [-0.25, -0.2) is 4.39 Å². The van der Waals surface area contributed by atoms with Crippen LogP contribution < -0.4 is 10.6 Å². The van der Waals surface area contributed by atoms with Gasteiger partial charge in [-0.3, -0.25) is 9.59 Å². The SMILES string of the molecule is CC1CN(C(=O)C2CSC(Cc3ccccc3F)C(=O)N2)CCN1.Cl. The third-order valence-corrected chi connectivity index (χ3v) is 5.72. The molecule has 138 valence electrons. The fourth-order valence-electron chi connectivity index (χ4n) is 3.10. The number of hydrogen-bond donors (Lipinski definition) is 2. The summed E-state index contributed by atoms with van der Waals surface area (Å²) in [5.41, 5.74) is 0.533. The van der Waals surface area contributed by atoms with Crippen molar-refractivity contribution >= 4 is 36.0 Å². The van der Waals surface area contributed by atoms with Gasteiger partial charge in [0.1, 0.15) is 11.9 Å². The van der Waals surface area contributed by atoms with Gasteiger partial charge in [-0.05, 0) is 25.0 Å². The number of amides is 2. The minimum absolute atomic E-state index is 0. The number of thioether (sulfide) groups is 1. The molecule has 3 unspecified atom stereocenters. The van der Waals surface area contributed by atoms with Crippen molar-refractivity contribution in [3.05, 3.63) is 35.6 Å². The van der Waals surface area contributed by atoms with Crippen molar-refractivity contribution in [1.82, 2.24) is 15.5 Å². The van der Waals surface area contributed by atoms with Gasteiger partial charge in [0.2, 0.25) is 11.8 Å². The zero-order valence-corrected chi connectivity index (χ0v) is 15.7. The summed E-state index contributed by atoms with van der Waals surface area (Å²) in [6, 6.07) is 6.28. The van der Waals surface area contributed by atoms with E-state index in [2.05, 4.69) is 10.6 Å². The van der Waals surface area contributed by atoms with Crippen LogP contribution in [0.4, 0.5) is 4.39 Å². The Hall–Kier alpha value is -1.31. The molecule has 0 saturated carbocycles. The third-order valence-electron chi connectivity index (χ3n) is 4.41. The number of hydrogen-bond acceptors (Lipinski definition) is 4. The van der Waals surface area contributed by atoms with Gasteiger partial charge >= 0.3 is 0 Å².